The van der Waals surface area contributed by atoms with Gasteiger partial charge in [-0.15, -0.1) is 12.4 Å². The number of amides is 1. The number of rotatable bonds is 3. The molecular weight excluding hydrogens is 290 g/mol. The van der Waals surface area contributed by atoms with E-state index in [1.54, 1.807) is 19.3 Å². The molecule has 21 heavy (non-hydrogen) atoms. The molecule has 0 aromatic carbocycles. The van der Waals surface area contributed by atoms with Crippen LogP contribution in [0.1, 0.15) is 37.0 Å². The summed E-state index contributed by atoms with van der Waals surface area (Å²) in [5.41, 5.74) is 0.425. The van der Waals surface area contributed by atoms with Crippen LogP contribution in [0.5, 0.6) is 0 Å². The third kappa shape index (κ3) is 4.32. The number of aryl methyl sites for hydroxylation is 1. The number of carbonyl (C=O) groups is 1. The summed E-state index contributed by atoms with van der Waals surface area (Å²) in [7, 11) is 1.67. The molecule has 1 aromatic heterocycles. The summed E-state index contributed by atoms with van der Waals surface area (Å²) in [4.78, 5) is 23.6. The number of halogens is 1. The highest BCUT2D eigenvalue weighted by molar-refractivity contribution is 5.93. The van der Waals surface area contributed by atoms with E-state index in [1.165, 1.54) is 17.1 Å². The van der Waals surface area contributed by atoms with Gasteiger partial charge in [-0.1, -0.05) is 13.8 Å². The molecule has 1 unspecified atom stereocenters. The second-order valence-corrected chi connectivity index (χ2v) is 6.17. The maximum absolute atomic E-state index is 12.1. The van der Waals surface area contributed by atoms with Crippen LogP contribution >= 0.6 is 12.4 Å². The van der Waals surface area contributed by atoms with Crippen LogP contribution in [0.2, 0.25) is 0 Å². The van der Waals surface area contributed by atoms with Crippen molar-refractivity contribution in [3.05, 3.63) is 34.2 Å². The zero-order chi connectivity index (χ0) is 14.8. The number of piperidine rings is 1. The minimum atomic E-state index is -0.189. The number of nitrogens with one attached hydrogen (secondary N) is 2. The summed E-state index contributed by atoms with van der Waals surface area (Å²) in [6, 6.07) is 3.30. The Balaban J connectivity index is 0.00000220. The minimum Gasteiger partial charge on any atom is -0.350 e. The van der Waals surface area contributed by atoms with E-state index in [0.717, 1.165) is 13.0 Å². The molecule has 1 aliphatic rings. The molecule has 2 heterocycles. The lowest BCUT2D eigenvalue weighted by Crippen LogP contribution is -2.52. The Morgan fingerprint density at radius 2 is 2.24 bits per heavy atom. The first kappa shape index (κ1) is 17.7. The van der Waals surface area contributed by atoms with Gasteiger partial charge in [-0.05, 0) is 30.9 Å². The Morgan fingerprint density at radius 1 is 1.52 bits per heavy atom. The van der Waals surface area contributed by atoms with Gasteiger partial charge in [0.2, 0.25) is 0 Å². The lowest BCUT2D eigenvalue weighted by molar-refractivity contribution is 0.0928. The topological polar surface area (TPSA) is 63.1 Å². The molecule has 1 amide bonds. The molecule has 5 nitrogen and oxygen atoms in total. The van der Waals surface area contributed by atoms with Gasteiger partial charge in [-0.2, -0.15) is 0 Å². The predicted molar refractivity (Wildman–Crippen MR) is 86.1 cm³/mol. The highest BCUT2D eigenvalue weighted by Gasteiger charge is 2.31. The van der Waals surface area contributed by atoms with Gasteiger partial charge in [0.25, 0.3) is 11.5 Å². The van der Waals surface area contributed by atoms with Crippen molar-refractivity contribution in [1.29, 1.82) is 0 Å². The lowest BCUT2D eigenvalue weighted by atomic mass is 9.77. The summed E-state index contributed by atoms with van der Waals surface area (Å²) >= 11 is 0. The first-order valence-corrected chi connectivity index (χ1v) is 7.08. The number of aromatic nitrogens is 1. The van der Waals surface area contributed by atoms with Crippen LogP contribution < -0.4 is 16.2 Å². The van der Waals surface area contributed by atoms with Crippen LogP contribution in [0, 0.1) is 5.41 Å². The summed E-state index contributed by atoms with van der Waals surface area (Å²) in [5.74, 6) is -0.189. The SMILES string of the molecule is Cl.Cn1ccc(C(=O)NCC2NCCCC2(C)C)cc1=O. The molecule has 1 saturated heterocycles. The van der Waals surface area contributed by atoms with Crippen molar-refractivity contribution in [3.63, 3.8) is 0 Å². The van der Waals surface area contributed by atoms with E-state index < -0.39 is 0 Å². The number of hydrogen-bond acceptors (Lipinski definition) is 3. The standard InChI is InChI=1S/C15H23N3O2.ClH/c1-15(2)6-4-7-16-12(15)10-17-14(20)11-5-8-18(3)13(19)9-11;/h5,8-9,12,16H,4,6-7,10H2,1-3H3,(H,17,20);1H. The van der Waals surface area contributed by atoms with E-state index in [0.29, 0.717) is 12.1 Å². The third-order valence-corrected chi connectivity index (χ3v) is 4.17. The molecule has 6 heteroatoms. The maximum Gasteiger partial charge on any atom is 0.251 e. The first-order chi connectivity index (χ1) is 9.40. The fraction of sp³-hybridized carbons (Fsp3) is 0.600. The fourth-order valence-corrected chi connectivity index (χ4v) is 2.61. The molecule has 2 N–H and O–H groups in total. The van der Waals surface area contributed by atoms with Gasteiger partial charge < -0.3 is 15.2 Å². The largest absolute Gasteiger partial charge is 0.350 e. The lowest BCUT2D eigenvalue weighted by Gasteiger charge is -2.39. The Hall–Kier alpha value is -1.33. The van der Waals surface area contributed by atoms with Gasteiger partial charge in [0.15, 0.2) is 0 Å². The van der Waals surface area contributed by atoms with E-state index in [-0.39, 0.29) is 35.3 Å². The van der Waals surface area contributed by atoms with Crippen molar-refractivity contribution < 1.29 is 4.79 Å². The zero-order valence-corrected chi connectivity index (χ0v) is 13.6. The molecule has 1 aromatic rings. The minimum absolute atomic E-state index is 0. The van der Waals surface area contributed by atoms with Gasteiger partial charge in [-0.25, -0.2) is 0 Å². The first-order valence-electron chi connectivity index (χ1n) is 7.08. The van der Waals surface area contributed by atoms with Crippen LogP contribution in [-0.4, -0.2) is 29.6 Å². The highest BCUT2D eigenvalue weighted by atomic mass is 35.5. The molecule has 0 saturated carbocycles. The van der Waals surface area contributed by atoms with Gasteiger partial charge in [-0.3, -0.25) is 9.59 Å². The summed E-state index contributed by atoms with van der Waals surface area (Å²) in [5, 5.41) is 6.38. The highest BCUT2D eigenvalue weighted by Crippen LogP contribution is 2.29. The molecule has 2 rings (SSSR count). The predicted octanol–water partition coefficient (Wildman–Crippen LogP) is 1.32. The third-order valence-electron chi connectivity index (χ3n) is 4.17. The Kier molecular flexibility index (Phi) is 5.98. The molecular formula is C15H24ClN3O2. The normalized spacial score (nSPS) is 20.4. The van der Waals surface area contributed by atoms with E-state index in [4.69, 9.17) is 0 Å². The second-order valence-electron chi connectivity index (χ2n) is 6.17. The molecule has 1 fully saturated rings. The van der Waals surface area contributed by atoms with Gasteiger partial charge >= 0.3 is 0 Å². The molecule has 0 aliphatic carbocycles. The molecule has 0 spiro atoms. The van der Waals surface area contributed by atoms with E-state index in [2.05, 4.69) is 24.5 Å². The quantitative estimate of drug-likeness (QED) is 0.884. The van der Waals surface area contributed by atoms with Crippen molar-refractivity contribution in [3.8, 4) is 0 Å². The molecule has 118 valence electrons. The molecule has 1 atom stereocenters. The van der Waals surface area contributed by atoms with Crippen molar-refractivity contribution >= 4 is 18.3 Å². The Labute approximate surface area is 131 Å². The van der Waals surface area contributed by atoms with Gasteiger partial charge in [0, 0.05) is 37.5 Å². The monoisotopic (exact) mass is 313 g/mol. The van der Waals surface area contributed by atoms with Gasteiger partial charge in [0.1, 0.15) is 0 Å². The van der Waals surface area contributed by atoms with E-state index in [9.17, 15) is 9.59 Å². The van der Waals surface area contributed by atoms with Crippen molar-refractivity contribution in [1.82, 2.24) is 15.2 Å². The smallest absolute Gasteiger partial charge is 0.251 e. The van der Waals surface area contributed by atoms with Gasteiger partial charge in [0.05, 0.1) is 0 Å². The van der Waals surface area contributed by atoms with Crippen molar-refractivity contribution in [2.24, 2.45) is 12.5 Å². The average Bonchev–Trinajstić information content (AvgIpc) is 2.40. The second kappa shape index (κ2) is 7.09. The summed E-state index contributed by atoms with van der Waals surface area (Å²) in [6.07, 6.45) is 3.94. The number of carbonyl (C=O) groups excluding carboxylic acids is 1. The molecule has 1 aliphatic heterocycles. The molecule has 0 bridgehead atoms. The summed E-state index contributed by atoms with van der Waals surface area (Å²) < 4.78 is 1.45. The van der Waals surface area contributed by atoms with Crippen LogP contribution in [0.4, 0.5) is 0 Å². The van der Waals surface area contributed by atoms with Crippen LogP contribution in [0.15, 0.2) is 23.1 Å². The Morgan fingerprint density at radius 3 is 2.86 bits per heavy atom. The van der Waals surface area contributed by atoms with Crippen LogP contribution in [0.25, 0.3) is 0 Å². The van der Waals surface area contributed by atoms with Crippen LogP contribution in [-0.2, 0) is 7.05 Å². The number of nitrogens with zero attached hydrogens (tertiary/aromatic N) is 1. The Bertz CT molecular complexity index is 554. The van der Waals surface area contributed by atoms with E-state index >= 15 is 0 Å². The summed E-state index contributed by atoms with van der Waals surface area (Å²) in [6.45, 7) is 6.01. The van der Waals surface area contributed by atoms with Crippen molar-refractivity contribution in [2.45, 2.75) is 32.7 Å². The van der Waals surface area contributed by atoms with Crippen molar-refractivity contribution in [2.75, 3.05) is 13.1 Å². The fourth-order valence-electron chi connectivity index (χ4n) is 2.61. The number of hydrogen-bond donors (Lipinski definition) is 2. The zero-order valence-electron chi connectivity index (χ0n) is 12.8. The van der Waals surface area contributed by atoms with E-state index in [1.807, 2.05) is 0 Å². The average molecular weight is 314 g/mol. The maximum atomic E-state index is 12.1. The molecule has 0 radical (unpaired) electrons. The van der Waals surface area contributed by atoms with Crippen LogP contribution in [0.3, 0.4) is 0 Å². The number of pyridine rings is 1.